The van der Waals surface area contributed by atoms with Gasteiger partial charge in [0.25, 0.3) is 5.91 Å². The Hall–Kier alpha value is -2.35. The van der Waals surface area contributed by atoms with Gasteiger partial charge in [-0.25, -0.2) is 13.2 Å². The molecule has 2 amide bonds. The number of anilines is 1. The molecule has 120 valence electrons. The van der Waals surface area contributed by atoms with Crippen molar-refractivity contribution in [3.63, 3.8) is 0 Å². The molecular formula is C15H10BrF3N2O2. The van der Waals surface area contributed by atoms with Crippen LogP contribution in [-0.2, 0) is 4.79 Å². The lowest BCUT2D eigenvalue weighted by Gasteiger charge is -2.08. The number of carbonyl (C=O) groups is 2. The third kappa shape index (κ3) is 4.32. The fraction of sp³-hybridized carbons (Fsp3) is 0.0667. The SMILES string of the molecule is O=C(CNC(=O)c1cccc(Br)c1)Nc1ccc(F)c(F)c1F. The minimum Gasteiger partial charge on any atom is -0.343 e. The van der Waals surface area contributed by atoms with Crippen molar-refractivity contribution in [1.29, 1.82) is 0 Å². The van der Waals surface area contributed by atoms with E-state index in [0.717, 1.165) is 6.07 Å². The van der Waals surface area contributed by atoms with Gasteiger partial charge in [-0.05, 0) is 30.3 Å². The predicted molar refractivity (Wildman–Crippen MR) is 81.4 cm³/mol. The van der Waals surface area contributed by atoms with Crippen LogP contribution in [0.5, 0.6) is 0 Å². The van der Waals surface area contributed by atoms with E-state index < -0.39 is 41.5 Å². The molecule has 0 atom stereocenters. The smallest absolute Gasteiger partial charge is 0.251 e. The van der Waals surface area contributed by atoms with E-state index >= 15 is 0 Å². The number of amides is 2. The molecule has 23 heavy (non-hydrogen) atoms. The standard InChI is InChI=1S/C15H10BrF3N2O2/c16-9-3-1-2-8(6-9)15(23)20-7-12(22)21-11-5-4-10(17)13(18)14(11)19/h1-6H,7H2,(H,20,23)(H,21,22). The summed E-state index contributed by atoms with van der Waals surface area (Å²) in [5.74, 6) is -5.83. The Bertz CT molecular complexity index is 768. The molecule has 0 heterocycles. The second kappa shape index (κ2) is 7.28. The van der Waals surface area contributed by atoms with Crippen molar-refractivity contribution in [3.05, 3.63) is 63.9 Å². The van der Waals surface area contributed by atoms with Gasteiger partial charge in [0, 0.05) is 10.0 Å². The number of benzene rings is 2. The fourth-order valence-corrected chi connectivity index (χ4v) is 2.11. The summed E-state index contributed by atoms with van der Waals surface area (Å²) < 4.78 is 39.9. The van der Waals surface area contributed by atoms with Gasteiger partial charge in [0.15, 0.2) is 17.5 Å². The monoisotopic (exact) mass is 386 g/mol. The Morgan fingerprint density at radius 3 is 2.48 bits per heavy atom. The zero-order valence-electron chi connectivity index (χ0n) is 11.5. The molecule has 0 radical (unpaired) electrons. The van der Waals surface area contributed by atoms with E-state index in [-0.39, 0.29) is 0 Å². The molecule has 0 aliphatic rings. The first-order valence-electron chi connectivity index (χ1n) is 6.35. The highest BCUT2D eigenvalue weighted by atomic mass is 79.9. The first-order valence-corrected chi connectivity index (χ1v) is 7.15. The van der Waals surface area contributed by atoms with Crippen molar-refractivity contribution in [2.24, 2.45) is 0 Å². The minimum atomic E-state index is -1.68. The topological polar surface area (TPSA) is 58.2 Å². The van der Waals surface area contributed by atoms with Gasteiger partial charge >= 0.3 is 0 Å². The summed E-state index contributed by atoms with van der Waals surface area (Å²) in [7, 11) is 0. The van der Waals surface area contributed by atoms with Gasteiger partial charge in [0.1, 0.15) is 0 Å². The quantitative estimate of drug-likeness (QED) is 0.792. The second-order valence-corrected chi connectivity index (χ2v) is 5.38. The van der Waals surface area contributed by atoms with Gasteiger partial charge in [0.05, 0.1) is 12.2 Å². The Kier molecular flexibility index (Phi) is 5.38. The molecule has 0 spiro atoms. The summed E-state index contributed by atoms with van der Waals surface area (Å²) in [6.07, 6.45) is 0. The highest BCUT2D eigenvalue weighted by Crippen LogP contribution is 2.19. The number of hydrogen-bond donors (Lipinski definition) is 2. The van der Waals surface area contributed by atoms with E-state index in [1.165, 1.54) is 0 Å². The summed E-state index contributed by atoms with van der Waals surface area (Å²) in [5, 5.41) is 4.38. The van der Waals surface area contributed by atoms with Crippen molar-refractivity contribution < 1.29 is 22.8 Å². The second-order valence-electron chi connectivity index (χ2n) is 4.46. The molecule has 0 aliphatic carbocycles. The maximum Gasteiger partial charge on any atom is 0.251 e. The third-order valence-electron chi connectivity index (χ3n) is 2.81. The molecule has 2 aromatic carbocycles. The summed E-state index contributed by atoms with van der Waals surface area (Å²) in [5.41, 5.74) is -0.184. The van der Waals surface area contributed by atoms with Crippen LogP contribution >= 0.6 is 15.9 Å². The van der Waals surface area contributed by atoms with Gasteiger partial charge in [-0.15, -0.1) is 0 Å². The molecular weight excluding hydrogens is 377 g/mol. The van der Waals surface area contributed by atoms with Crippen molar-refractivity contribution >= 4 is 33.4 Å². The molecule has 2 N–H and O–H groups in total. The number of halogens is 4. The van der Waals surface area contributed by atoms with Crippen molar-refractivity contribution in [2.45, 2.75) is 0 Å². The Morgan fingerprint density at radius 1 is 1.04 bits per heavy atom. The van der Waals surface area contributed by atoms with Gasteiger partial charge < -0.3 is 10.6 Å². The summed E-state index contributed by atoms with van der Waals surface area (Å²) in [4.78, 5) is 23.5. The highest BCUT2D eigenvalue weighted by molar-refractivity contribution is 9.10. The predicted octanol–water partition coefficient (Wildman–Crippen LogP) is 3.23. The molecule has 0 aliphatic heterocycles. The van der Waals surface area contributed by atoms with Crippen LogP contribution in [-0.4, -0.2) is 18.4 Å². The summed E-state index contributed by atoms with van der Waals surface area (Å²) in [6.45, 7) is -0.455. The molecule has 0 saturated carbocycles. The van der Waals surface area contributed by atoms with Crippen LogP contribution in [0.15, 0.2) is 40.9 Å². The normalized spacial score (nSPS) is 10.3. The van der Waals surface area contributed by atoms with Gasteiger partial charge in [-0.1, -0.05) is 22.0 Å². The Morgan fingerprint density at radius 2 is 1.78 bits per heavy atom. The van der Waals surface area contributed by atoms with Crippen LogP contribution in [0.1, 0.15) is 10.4 Å². The van der Waals surface area contributed by atoms with Crippen LogP contribution in [0.4, 0.5) is 18.9 Å². The van der Waals surface area contributed by atoms with Crippen LogP contribution in [0.25, 0.3) is 0 Å². The van der Waals surface area contributed by atoms with E-state index in [1.54, 1.807) is 24.3 Å². The molecule has 8 heteroatoms. The summed E-state index contributed by atoms with van der Waals surface area (Å²) in [6, 6.07) is 8.07. The van der Waals surface area contributed by atoms with Gasteiger partial charge in [-0.3, -0.25) is 9.59 Å². The van der Waals surface area contributed by atoms with Crippen molar-refractivity contribution in [1.82, 2.24) is 5.32 Å². The first kappa shape index (κ1) is 17.0. The van der Waals surface area contributed by atoms with E-state index in [4.69, 9.17) is 0 Å². The first-order chi connectivity index (χ1) is 10.9. The maximum absolute atomic E-state index is 13.4. The number of nitrogens with one attached hydrogen (secondary N) is 2. The number of rotatable bonds is 4. The van der Waals surface area contributed by atoms with E-state index in [1.807, 2.05) is 0 Å². The molecule has 0 unspecified atom stereocenters. The summed E-state index contributed by atoms with van der Waals surface area (Å²) >= 11 is 3.21. The van der Waals surface area contributed by atoms with Gasteiger partial charge in [0.2, 0.25) is 5.91 Å². The minimum absolute atomic E-state index is 0.325. The van der Waals surface area contributed by atoms with Crippen LogP contribution in [0.3, 0.4) is 0 Å². The van der Waals surface area contributed by atoms with Crippen molar-refractivity contribution in [2.75, 3.05) is 11.9 Å². The van der Waals surface area contributed by atoms with Crippen LogP contribution < -0.4 is 10.6 Å². The van der Waals surface area contributed by atoms with E-state index in [9.17, 15) is 22.8 Å². The highest BCUT2D eigenvalue weighted by Gasteiger charge is 2.15. The fourth-order valence-electron chi connectivity index (χ4n) is 1.71. The zero-order valence-corrected chi connectivity index (χ0v) is 13.1. The largest absolute Gasteiger partial charge is 0.343 e. The number of carbonyl (C=O) groups excluding carboxylic acids is 2. The molecule has 4 nitrogen and oxygen atoms in total. The molecule has 2 rings (SSSR count). The molecule has 0 fully saturated rings. The average Bonchev–Trinajstić information content (AvgIpc) is 2.53. The molecule has 0 bridgehead atoms. The van der Waals surface area contributed by atoms with Crippen LogP contribution in [0.2, 0.25) is 0 Å². The Balaban J connectivity index is 1.95. The maximum atomic E-state index is 13.4. The third-order valence-corrected chi connectivity index (χ3v) is 3.30. The van der Waals surface area contributed by atoms with Crippen molar-refractivity contribution in [3.8, 4) is 0 Å². The lowest BCUT2D eigenvalue weighted by molar-refractivity contribution is -0.115. The average molecular weight is 387 g/mol. The Labute approximate surface area is 137 Å². The molecule has 0 saturated heterocycles. The van der Waals surface area contributed by atoms with E-state index in [2.05, 4.69) is 26.6 Å². The molecule has 2 aromatic rings. The van der Waals surface area contributed by atoms with Crippen LogP contribution in [0, 0.1) is 17.5 Å². The lowest BCUT2D eigenvalue weighted by atomic mass is 10.2. The van der Waals surface area contributed by atoms with E-state index in [0.29, 0.717) is 16.1 Å². The molecule has 0 aromatic heterocycles. The number of hydrogen-bond acceptors (Lipinski definition) is 2. The van der Waals surface area contributed by atoms with Gasteiger partial charge in [-0.2, -0.15) is 0 Å². The lowest BCUT2D eigenvalue weighted by Crippen LogP contribution is -2.33. The zero-order chi connectivity index (χ0) is 17.0.